The molecule has 0 aliphatic rings. The molecule has 0 amide bonds. The topological polar surface area (TPSA) is 81.8 Å². The third-order valence-electron chi connectivity index (χ3n) is 5.75. The van der Waals surface area contributed by atoms with Gasteiger partial charge in [-0.1, -0.05) is 78.9 Å². The number of ether oxygens (including phenoxy) is 2. The Bertz CT molecular complexity index is 1220. The van der Waals surface area contributed by atoms with E-state index in [4.69, 9.17) is 15.2 Å². The lowest BCUT2D eigenvalue weighted by Gasteiger charge is -2.15. The number of carboxylic acids is 1. The molecular weight excluding hydrogens is 438 g/mol. The number of aliphatic carboxylic acids is 1. The summed E-state index contributed by atoms with van der Waals surface area (Å²) in [4.78, 5) is 11.3. The van der Waals surface area contributed by atoms with E-state index in [1.165, 1.54) is 0 Å². The van der Waals surface area contributed by atoms with Gasteiger partial charge in [0, 0.05) is 0 Å². The fourth-order valence-corrected chi connectivity index (χ4v) is 3.79. The molecule has 0 aliphatic carbocycles. The first-order chi connectivity index (χ1) is 17.1. The molecule has 4 aromatic rings. The molecule has 178 valence electrons. The van der Waals surface area contributed by atoms with Crippen molar-refractivity contribution in [2.75, 3.05) is 0 Å². The standard InChI is InChI=1S/C30H29NO4/c31-29(30(32)33)19-25-13-16-28(35-21-24-9-5-2-6-10-24)18-26(25)17-22-11-14-27(15-12-22)34-20-23-7-3-1-4-8-23/h1-16,18,29H,17,19-21,31H2,(H,32,33). The maximum absolute atomic E-state index is 11.3. The zero-order valence-electron chi connectivity index (χ0n) is 19.5. The van der Waals surface area contributed by atoms with E-state index in [0.29, 0.717) is 19.6 Å². The molecule has 0 saturated heterocycles. The van der Waals surface area contributed by atoms with Crippen LogP contribution in [0.3, 0.4) is 0 Å². The van der Waals surface area contributed by atoms with E-state index in [-0.39, 0.29) is 6.42 Å². The highest BCUT2D eigenvalue weighted by molar-refractivity contribution is 5.73. The molecule has 35 heavy (non-hydrogen) atoms. The van der Waals surface area contributed by atoms with Gasteiger partial charge in [0.15, 0.2) is 0 Å². The summed E-state index contributed by atoms with van der Waals surface area (Å²) in [6, 6.07) is 32.8. The lowest BCUT2D eigenvalue weighted by atomic mass is 9.95. The molecule has 0 radical (unpaired) electrons. The highest BCUT2D eigenvalue weighted by Gasteiger charge is 2.16. The van der Waals surface area contributed by atoms with Gasteiger partial charge in [0.05, 0.1) is 0 Å². The van der Waals surface area contributed by atoms with Gasteiger partial charge in [0.1, 0.15) is 30.8 Å². The molecule has 0 aromatic heterocycles. The van der Waals surface area contributed by atoms with Crippen molar-refractivity contribution in [1.29, 1.82) is 0 Å². The van der Waals surface area contributed by atoms with Crippen LogP contribution < -0.4 is 15.2 Å². The number of carbonyl (C=O) groups is 1. The zero-order chi connectivity index (χ0) is 24.5. The molecule has 5 nitrogen and oxygen atoms in total. The Labute approximate surface area is 205 Å². The Morgan fingerprint density at radius 1 is 0.686 bits per heavy atom. The van der Waals surface area contributed by atoms with Gasteiger partial charge in [0.25, 0.3) is 0 Å². The minimum absolute atomic E-state index is 0.252. The van der Waals surface area contributed by atoms with Crippen LogP contribution in [-0.2, 0) is 30.8 Å². The Kier molecular flexibility index (Phi) is 8.15. The van der Waals surface area contributed by atoms with E-state index < -0.39 is 12.0 Å². The van der Waals surface area contributed by atoms with Crippen LogP contribution in [0.25, 0.3) is 0 Å². The molecule has 1 atom stereocenters. The van der Waals surface area contributed by atoms with Crippen molar-refractivity contribution in [2.45, 2.75) is 32.1 Å². The Balaban J connectivity index is 1.47. The minimum atomic E-state index is -1.01. The second kappa shape index (κ2) is 11.9. The van der Waals surface area contributed by atoms with Crippen molar-refractivity contribution in [3.8, 4) is 11.5 Å². The van der Waals surface area contributed by atoms with Crippen molar-refractivity contribution >= 4 is 5.97 Å². The molecule has 4 aromatic carbocycles. The molecule has 0 heterocycles. The predicted octanol–water partition coefficient (Wildman–Crippen LogP) is 5.39. The largest absolute Gasteiger partial charge is 0.489 e. The maximum Gasteiger partial charge on any atom is 0.320 e. The third-order valence-corrected chi connectivity index (χ3v) is 5.75. The van der Waals surface area contributed by atoms with Gasteiger partial charge in [-0.3, -0.25) is 4.79 Å². The van der Waals surface area contributed by atoms with Gasteiger partial charge in [-0.15, -0.1) is 0 Å². The van der Waals surface area contributed by atoms with Crippen molar-refractivity contribution in [3.63, 3.8) is 0 Å². The van der Waals surface area contributed by atoms with E-state index in [0.717, 1.165) is 39.3 Å². The molecule has 0 bridgehead atoms. The Morgan fingerprint density at radius 2 is 1.23 bits per heavy atom. The predicted molar refractivity (Wildman–Crippen MR) is 137 cm³/mol. The number of rotatable bonds is 11. The van der Waals surface area contributed by atoms with Crippen molar-refractivity contribution in [2.24, 2.45) is 5.73 Å². The van der Waals surface area contributed by atoms with Gasteiger partial charge in [-0.2, -0.15) is 0 Å². The number of hydrogen-bond donors (Lipinski definition) is 2. The van der Waals surface area contributed by atoms with Gasteiger partial charge >= 0.3 is 5.97 Å². The monoisotopic (exact) mass is 467 g/mol. The van der Waals surface area contributed by atoms with Crippen LogP contribution in [0.1, 0.15) is 27.8 Å². The summed E-state index contributed by atoms with van der Waals surface area (Å²) < 4.78 is 11.9. The zero-order valence-corrected chi connectivity index (χ0v) is 19.5. The molecule has 0 fully saturated rings. The van der Waals surface area contributed by atoms with E-state index >= 15 is 0 Å². The SMILES string of the molecule is NC(Cc1ccc(OCc2ccccc2)cc1Cc1ccc(OCc2ccccc2)cc1)C(=O)O. The smallest absolute Gasteiger partial charge is 0.320 e. The average Bonchev–Trinajstić information content (AvgIpc) is 2.89. The average molecular weight is 468 g/mol. The Morgan fingerprint density at radius 3 is 1.80 bits per heavy atom. The van der Waals surface area contributed by atoms with Gasteiger partial charge in [-0.05, 0) is 64.9 Å². The number of benzene rings is 4. The van der Waals surface area contributed by atoms with Crippen molar-refractivity contribution < 1.29 is 19.4 Å². The summed E-state index contributed by atoms with van der Waals surface area (Å²) in [5.41, 5.74) is 11.0. The summed E-state index contributed by atoms with van der Waals surface area (Å²) in [6.45, 7) is 0.972. The number of nitrogens with two attached hydrogens (primary N) is 1. The lowest BCUT2D eigenvalue weighted by Crippen LogP contribution is -2.32. The van der Waals surface area contributed by atoms with Crippen LogP contribution in [0.4, 0.5) is 0 Å². The van der Waals surface area contributed by atoms with E-state index in [9.17, 15) is 9.90 Å². The molecule has 5 heteroatoms. The summed E-state index contributed by atoms with van der Waals surface area (Å²) in [5, 5.41) is 9.29. The lowest BCUT2D eigenvalue weighted by molar-refractivity contribution is -0.138. The second-order valence-corrected chi connectivity index (χ2v) is 8.45. The van der Waals surface area contributed by atoms with Crippen LogP contribution in [0, 0.1) is 0 Å². The van der Waals surface area contributed by atoms with Crippen LogP contribution >= 0.6 is 0 Å². The number of hydrogen-bond acceptors (Lipinski definition) is 4. The molecule has 4 rings (SSSR count). The van der Waals surface area contributed by atoms with Crippen LogP contribution in [-0.4, -0.2) is 17.1 Å². The van der Waals surface area contributed by atoms with Gasteiger partial charge < -0.3 is 20.3 Å². The summed E-state index contributed by atoms with van der Waals surface area (Å²) in [7, 11) is 0. The summed E-state index contributed by atoms with van der Waals surface area (Å²) >= 11 is 0. The fraction of sp³-hybridized carbons (Fsp3) is 0.167. The fourth-order valence-electron chi connectivity index (χ4n) is 3.79. The van der Waals surface area contributed by atoms with E-state index in [1.807, 2.05) is 103 Å². The quantitative estimate of drug-likeness (QED) is 0.309. The van der Waals surface area contributed by atoms with Crippen molar-refractivity contribution in [3.05, 3.63) is 131 Å². The number of carboxylic acid groups (broad SMARTS) is 1. The highest BCUT2D eigenvalue weighted by Crippen LogP contribution is 2.24. The molecule has 1 unspecified atom stereocenters. The van der Waals surface area contributed by atoms with Gasteiger partial charge in [0.2, 0.25) is 0 Å². The first-order valence-electron chi connectivity index (χ1n) is 11.6. The first-order valence-corrected chi connectivity index (χ1v) is 11.6. The van der Waals surface area contributed by atoms with E-state index in [1.54, 1.807) is 0 Å². The van der Waals surface area contributed by atoms with Crippen LogP contribution in [0.5, 0.6) is 11.5 Å². The third kappa shape index (κ3) is 7.19. The van der Waals surface area contributed by atoms with E-state index in [2.05, 4.69) is 0 Å². The van der Waals surface area contributed by atoms with Crippen molar-refractivity contribution in [1.82, 2.24) is 0 Å². The summed E-state index contributed by atoms with van der Waals surface area (Å²) in [5.74, 6) is 0.519. The molecule has 3 N–H and O–H groups in total. The molecule has 0 saturated carbocycles. The van der Waals surface area contributed by atoms with Crippen LogP contribution in [0.2, 0.25) is 0 Å². The highest BCUT2D eigenvalue weighted by atomic mass is 16.5. The molecule has 0 spiro atoms. The van der Waals surface area contributed by atoms with Gasteiger partial charge in [-0.25, -0.2) is 0 Å². The van der Waals surface area contributed by atoms with Crippen LogP contribution in [0.15, 0.2) is 103 Å². The second-order valence-electron chi connectivity index (χ2n) is 8.45. The summed E-state index contributed by atoms with van der Waals surface area (Å²) in [6.07, 6.45) is 0.880. The molecule has 0 aliphatic heterocycles. The normalized spacial score (nSPS) is 11.6. The first kappa shape index (κ1) is 24.0. The minimum Gasteiger partial charge on any atom is -0.489 e. The molecular formula is C30H29NO4. The Hall–Kier alpha value is -4.09. The maximum atomic E-state index is 11.3.